The number of carbonyl (C=O) groups is 1. The topological polar surface area (TPSA) is 68.9 Å². The molecule has 1 aromatic heterocycles. The normalized spacial score (nSPS) is 11.5. The molecular weight excluding hydrogens is 306 g/mol. The first-order chi connectivity index (χ1) is 11.5. The number of fused-ring (bicyclic) bond motifs is 1. The van der Waals surface area contributed by atoms with E-state index in [0.29, 0.717) is 11.1 Å². The lowest BCUT2D eigenvalue weighted by Crippen LogP contribution is -2.13. The Kier molecular flexibility index (Phi) is 4.24. The van der Waals surface area contributed by atoms with Crippen LogP contribution in [0.25, 0.3) is 11.0 Å². The largest absolute Gasteiger partial charge is 0.422 e. The minimum atomic E-state index is -0.584. The Labute approximate surface area is 138 Å². The van der Waals surface area contributed by atoms with E-state index < -0.39 is 11.6 Å². The van der Waals surface area contributed by atoms with Gasteiger partial charge in [-0.2, -0.15) is 0 Å². The summed E-state index contributed by atoms with van der Waals surface area (Å²) >= 11 is 0. The maximum absolute atomic E-state index is 12.0. The van der Waals surface area contributed by atoms with Gasteiger partial charge in [0.15, 0.2) is 0 Å². The minimum absolute atomic E-state index is 0.255. The van der Waals surface area contributed by atoms with Gasteiger partial charge in [-0.3, -0.25) is 0 Å². The van der Waals surface area contributed by atoms with Gasteiger partial charge in [0.1, 0.15) is 5.58 Å². The average Bonchev–Trinajstić information content (AvgIpc) is 2.59. The third kappa shape index (κ3) is 3.25. The van der Waals surface area contributed by atoms with Crippen molar-refractivity contribution >= 4 is 22.7 Å². The molecule has 0 aliphatic carbocycles. The second-order valence-corrected chi connectivity index (χ2v) is 5.41. The highest BCUT2D eigenvalue weighted by Crippen LogP contribution is 2.13. The van der Waals surface area contributed by atoms with Crippen LogP contribution in [0.2, 0.25) is 0 Å². The highest BCUT2D eigenvalue weighted by Gasteiger charge is 2.11. The summed E-state index contributed by atoms with van der Waals surface area (Å²) in [6, 6.07) is 15.8. The number of hydrogen-bond donors (Lipinski definition) is 0. The van der Waals surface area contributed by atoms with E-state index in [0.717, 1.165) is 10.9 Å². The van der Waals surface area contributed by atoms with E-state index in [9.17, 15) is 9.59 Å². The third-order valence-electron chi connectivity index (χ3n) is 3.58. The van der Waals surface area contributed by atoms with Crippen molar-refractivity contribution < 1.29 is 14.0 Å². The second-order valence-electron chi connectivity index (χ2n) is 5.41. The number of para-hydroxylation sites is 1. The van der Waals surface area contributed by atoms with Gasteiger partial charge >= 0.3 is 11.6 Å². The second kappa shape index (κ2) is 6.50. The first-order valence-corrected chi connectivity index (χ1v) is 7.40. The van der Waals surface area contributed by atoms with Crippen molar-refractivity contribution in [2.24, 2.45) is 5.16 Å². The predicted octanol–water partition coefficient (Wildman–Crippen LogP) is 3.68. The highest BCUT2D eigenvalue weighted by molar-refractivity contribution is 6.00. The van der Waals surface area contributed by atoms with Crippen LogP contribution < -0.4 is 5.63 Å². The molecule has 0 amide bonds. The molecule has 0 spiro atoms. The van der Waals surface area contributed by atoms with E-state index in [1.165, 1.54) is 0 Å². The van der Waals surface area contributed by atoms with Crippen LogP contribution in [0.1, 0.15) is 28.4 Å². The summed E-state index contributed by atoms with van der Waals surface area (Å²) in [5.74, 6) is -0.584. The SMILES string of the molecule is C/C(=N\OC(=O)c1ccc(C)cc1)c1cc2ccccc2oc1=O. The van der Waals surface area contributed by atoms with E-state index >= 15 is 0 Å². The molecule has 0 aliphatic rings. The lowest BCUT2D eigenvalue weighted by Gasteiger charge is -2.02. The van der Waals surface area contributed by atoms with Crippen LogP contribution in [-0.2, 0) is 4.84 Å². The first-order valence-electron chi connectivity index (χ1n) is 7.40. The van der Waals surface area contributed by atoms with E-state index in [4.69, 9.17) is 9.25 Å². The molecule has 0 atom stereocenters. The number of nitrogens with zero attached hydrogens (tertiary/aromatic N) is 1. The number of aryl methyl sites for hydroxylation is 1. The van der Waals surface area contributed by atoms with E-state index in [1.54, 1.807) is 37.3 Å². The molecule has 0 aliphatic heterocycles. The predicted molar refractivity (Wildman–Crippen MR) is 91.3 cm³/mol. The fraction of sp³-hybridized carbons (Fsp3) is 0.105. The summed E-state index contributed by atoms with van der Waals surface area (Å²) in [4.78, 5) is 28.9. The monoisotopic (exact) mass is 321 g/mol. The van der Waals surface area contributed by atoms with Crippen LogP contribution in [0, 0.1) is 6.92 Å². The van der Waals surface area contributed by atoms with Crippen LogP contribution >= 0.6 is 0 Å². The van der Waals surface area contributed by atoms with Crippen molar-refractivity contribution in [2.75, 3.05) is 0 Å². The fourth-order valence-corrected chi connectivity index (χ4v) is 2.22. The highest BCUT2D eigenvalue weighted by atomic mass is 16.7. The molecule has 0 saturated heterocycles. The summed E-state index contributed by atoms with van der Waals surface area (Å²) in [6.45, 7) is 3.51. The minimum Gasteiger partial charge on any atom is -0.422 e. The van der Waals surface area contributed by atoms with Gasteiger partial charge in [-0.25, -0.2) is 9.59 Å². The maximum Gasteiger partial charge on any atom is 0.365 e. The van der Waals surface area contributed by atoms with E-state index in [1.807, 2.05) is 31.2 Å². The van der Waals surface area contributed by atoms with Crippen LogP contribution in [0.4, 0.5) is 0 Å². The van der Waals surface area contributed by atoms with Crippen molar-refractivity contribution in [2.45, 2.75) is 13.8 Å². The van der Waals surface area contributed by atoms with Crippen molar-refractivity contribution in [1.82, 2.24) is 0 Å². The van der Waals surface area contributed by atoms with Gasteiger partial charge in [0.25, 0.3) is 0 Å². The Morgan fingerprint density at radius 2 is 1.79 bits per heavy atom. The van der Waals surface area contributed by atoms with Crippen molar-refractivity contribution in [3.05, 3.63) is 81.7 Å². The van der Waals surface area contributed by atoms with Crippen LogP contribution in [-0.4, -0.2) is 11.7 Å². The number of carbonyl (C=O) groups excluding carboxylic acids is 1. The van der Waals surface area contributed by atoms with Crippen LogP contribution in [0.15, 0.2) is 69.0 Å². The van der Waals surface area contributed by atoms with E-state index in [-0.39, 0.29) is 11.3 Å². The molecule has 5 nitrogen and oxygen atoms in total. The Morgan fingerprint density at radius 3 is 2.54 bits per heavy atom. The molecule has 0 fully saturated rings. The third-order valence-corrected chi connectivity index (χ3v) is 3.58. The average molecular weight is 321 g/mol. The van der Waals surface area contributed by atoms with Gasteiger partial charge in [0.05, 0.1) is 16.8 Å². The molecule has 0 radical (unpaired) electrons. The fourth-order valence-electron chi connectivity index (χ4n) is 2.22. The van der Waals surface area contributed by atoms with Gasteiger partial charge in [-0.15, -0.1) is 0 Å². The summed E-state index contributed by atoms with van der Waals surface area (Å²) in [5, 5.41) is 4.54. The van der Waals surface area contributed by atoms with Gasteiger partial charge in [0, 0.05) is 5.39 Å². The zero-order valence-electron chi connectivity index (χ0n) is 13.3. The van der Waals surface area contributed by atoms with Crippen molar-refractivity contribution in [3.8, 4) is 0 Å². The molecule has 3 rings (SSSR count). The molecule has 3 aromatic rings. The molecule has 1 heterocycles. The van der Waals surface area contributed by atoms with Crippen molar-refractivity contribution in [3.63, 3.8) is 0 Å². The lowest BCUT2D eigenvalue weighted by molar-refractivity contribution is 0.0516. The van der Waals surface area contributed by atoms with Gasteiger partial charge in [-0.1, -0.05) is 41.1 Å². The lowest BCUT2D eigenvalue weighted by atomic mass is 10.1. The summed E-state index contributed by atoms with van der Waals surface area (Å²) in [7, 11) is 0. The van der Waals surface area contributed by atoms with Gasteiger partial charge in [0.2, 0.25) is 0 Å². The van der Waals surface area contributed by atoms with Gasteiger partial charge < -0.3 is 9.25 Å². The summed E-state index contributed by atoms with van der Waals surface area (Å²) in [5.41, 5.74) is 1.93. The Balaban J connectivity index is 1.85. The van der Waals surface area contributed by atoms with Crippen LogP contribution in [0.5, 0.6) is 0 Å². The van der Waals surface area contributed by atoms with Crippen molar-refractivity contribution in [1.29, 1.82) is 0 Å². The van der Waals surface area contributed by atoms with Gasteiger partial charge in [-0.05, 0) is 38.1 Å². The molecule has 0 saturated carbocycles. The Bertz CT molecular complexity index is 984. The molecule has 0 bridgehead atoms. The summed E-state index contributed by atoms with van der Waals surface area (Å²) in [6.07, 6.45) is 0. The van der Waals surface area contributed by atoms with Crippen LogP contribution in [0.3, 0.4) is 0 Å². The number of benzene rings is 2. The quantitative estimate of drug-likeness (QED) is 0.319. The summed E-state index contributed by atoms with van der Waals surface area (Å²) < 4.78 is 5.24. The number of oxime groups is 1. The maximum atomic E-state index is 12.0. The molecule has 0 N–H and O–H groups in total. The molecule has 0 unspecified atom stereocenters. The number of rotatable bonds is 3. The Hall–Kier alpha value is -3.21. The molecule has 5 heteroatoms. The van der Waals surface area contributed by atoms with E-state index in [2.05, 4.69) is 5.16 Å². The zero-order valence-corrected chi connectivity index (χ0v) is 13.3. The standard InChI is InChI=1S/C19H15NO4/c1-12-7-9-14(10-8-12)18(21)24-20-13(2)16-11-15-5-3-4-6-17(15)23-19(16)22/h3-11H,1-2H3/b20-13+. The first kappa shape index (κ1) is 15.7. The molecule has 2 aromatic carbocycles. The number of hydrogen-bond acceptors (Lipinski definition) is 5. The molecular formula is C19H15NO4. The zero-order chi connectivity index (χ0) is 17.1. The Morgan fingerprint density at radius 1 is 1.08 bits per heavy atom. The molecule has 120 valence electrons. The molecule has 24 heavy (non-hydrogen) atoms. The smallest absolute Gasteiger partial charge is 0.365 e.